The van der Waals surface area contributed by atoms with Crippen molar-refractivity contribution in [3.05, 3.63) is 41.9 Å². The second-order valence-corrected chi connectivity index (χ2v) is 5.69. The highest BCUT2D eigenvalue weighted by Gasteiger charge is 2.01. The standard InChI is InChI=1S/C11H16N.C7H15N.C2H6/c1-10-6-4-3-5-7-11(10)8-9-12-2;1-8-6-4-2-3-5-7-8;1-2/h3-7,12H,8-9H2,1-2H3;2-7H2,1H3;1-2H3. The summed E-state index contributed by atoms with van der Waals surface area (Å²) < 4.78 is 0. The van der Waals surface area contributed by atoms with Gasteiger partial charge in [0, 0.05) is 6.42 Å². The minimum absolute atomic E-state index is 1.05. The molecule has 0 amide bonds. The molecule has 1 saturated heterocycles. The van der Waals surface area contributed by atoms with Crippen molar-refractivity contribution in [2.45, 2.75) is 52.9 Å². The van der Waals surface area contributed by atoms with Crippen molar-refractivity contribution in [3.63, 3.8) is 0 Å². The van der Waals surface area contributed by atoms with Crippen molar-refractivity contribution in [2.75, 3.05) is 33.7 Å². The molecule has 2 rings (SSSR count). The Kier molecular flexibility index (Phi) is 14.5. The molecule has 1 aliphatic heterocycles. The summed E-state index contributed by atoms with van der Waals surface area (Å²) in [4.78, 5) is 2.42. The predicted molar refractivity (Wildman–Crippen MR) is 101 cm³/mol. The highest BCUT2D eigenvalue weighted by atomic mass is 15.1. The van der Waals surface area contributed by atoms with Crippen LogP contribution in [0.4, 0.5) is 0 Å². The van der Waals surface area contributed by atoms with E-state index in [4.69, 9.17) is 0 Å². The maximum Gasteiger partial charge on any atom is 0.00535 e. The molecule has 1 radical (unpaired) electrons. The summed E-state index contributed by atoms with van der Waals surface area (Å²) in [5, 5.41) is 3.15. The Morgan fingerprint density at radius 2 is 1.64 bits per heavy atom. The lowest BCUT2D eigenvalue weighted by Gasteiger charge is -2.10. The van der Waals surface area contributed by atoms with Crippen LogP contribution in [0, 0.1) is 6.42 Å². The first-order chi connectivity index (χ1) is 10.7. The number of likely N-dealkylation sites (tertiary alicyclic amines) is 1. The summed E-state index contributed by atoms with van der Waals surface area (Å²) in [5.74, 6) is 0. The summed E-state index contributed by atoms with van der Waals surface area (Å²) in [5.41, 5.74) is 2.80. The van der Waals surface area contributed by atoms with E-state index in [0.29, 0.717) is 0 Å². The van der Waals surface area contributed by atoms with Crippen LogP contribution in [0.3, 0.4) is 0 Å². The van der Waals surface area contributed by atoms with Crippen molar-refractivity contribution < 1.29 is 0 Å². The van der Waals surface area contributed by atoms with Gasteiger partial charge in [0.2, 0.25) is 0 Å². The number of hydrogen-bond acceptors (Lipinski definition) is 2. The van der Waals surface area contributed by atoms with E-state index in [2.05, 4.69) is 54.9 Å². The van der Waals surface area contributed by atoms with Gasteiger partial charge in [0.1, 0.15) is 0 Å². The zero-order chi connectivity index (χ0) is 16.6. The third-order valence-corrected chi connectivity index (χ3v) is 3.85. The van der Waals surface area contributed by atoms with Crippen molar-refractivity contribution in [1.82, 2.24) is 10.2 Å². The van der Waals surface area contributed by atoms with Gasteiger partial charge < -0.3 is 10.2 Å². The molecule has 1 fully saturated rings. The highest BCUT2D eigenvalue weighted by molar-refractivity contribution is 5.38. The molecule has 0 aromatic rings. The topological polar surface area (TPSA) is 15.3 Å². The molecule has 0 aromatic heterocycles. The van der Waals surface area contributed by atoms with Crippen molar-refractivity contribution in [3.8, 4) is 0 Å². The van der Waals surface area contributed by atoms with Crippen molar-refractivity contribution >= 4 is 0 Å². The molecule has 0 atom stereocenters. The third kappa shape index (κ3) is 10.8. The van der Waals surface area contributed by atoms with Gasteiger partial charge in [-0.15, -0.1) is 0 Å². The number of nitrogens with one attached hydrogen (secondary N) is 1. The summed E-state index contributed by atoms with van der Waals surface area (Å²) in [6.07, 6.45) is 17.4. The van der Waals surface area contributed by atoms with E-state index >= 15 is 0 Å². The Balaban J connectivity index is 0.000000382. The first-order valence-electron chi connectivity index (χ1n) is 8.95. The Hall–Kier alpha value is -0.860. The lowest BCUT2D eigenvalue weighted by atomic mass is 10.0. The van der Waals surface area contributed by atoms with E-state index in [1.165, 1.54) is 49.9 Å². The van der Waals surface area contributed by atoms with Gasteiger partial charge in [-0.2, -0.15) is 0 Å². The highest BCUT2D eigenvalue weighted by Crippen LogP contribution is 2.16. The maximum atomic E-state index is 3.15. The largest absolute Gasteiger partial charge is 0.319 e. The van der Waals surface area contributed by atoms with Gasteiger partial charge in [-0.05, 0) is 71.1 Å². The second-order valence-electron chi connectivity index (χ2n) is 5.69. The van der Waals surface area contributed by atoms with Gasteiger partial charge in [0.05, 0.1) is 0 Å². The molecule has 1 heterocycles. The molecule has 2 nitrogen and oxygen atoms in total. The SMILES string of the molecule is CC.CN1CCCCCC1.CNCCC1=C[CH]C=CC=C1C. The van der Waals surface area contributed by atoms with E-state index in [0.717, 1.165) is 13.0 Å². The van der Waals surface area contributed by atoms with E-state index in [-0.39, 0.29) is 0 Å². The van der Waals surface area contributed by atoms with Crippen LogP contribution in [-0.4, -0.2) is 38.6 Å². The zero-order valence-corrected chi connectivity index (χ0v) is 15.5. The van der Waals surface area contributed by atoms with Gasteiger partial charge >= 0.3 is 0 Å². The minimum atomic E-state index is 1.05. The van der Waals surface area contributed by atoms with Crippen LogP contribution in [0.1, 0.15) is 52.9 Å². The molecule has 2 heteroatoms. The average Bonchev–Trinajstić information content (AvgIpc) is 2.90. The van der Waals surface area contributed by atoms with E-state index < -0.39 is 0 Å². The van der Waals surface area contributed by atoms with E-state index in [1.807, 2.05) is 20.9 Å². The molecular formula is C20H37N2. The van der Waals surface area contributed by atoms with Crippen LogP contribution < -0.4 is 5.32 Å². The normalized spacial score (nSPS) is 18.6. The Morgan fingerprint density at radius 1 is 1.00 bits per heavy atom. The molecule has 0 spiro atoms. The van der Waals surface area contributed by atoms with E-state index in [9.17, 15) is 0 Å². The molecule has 0 aromatic carbocycles. The average molecular weight is 306 g/mol. The first kappa shape index (κ1) is 21.1. The van der Waals surface area contributed by atoms with Gasteiger partial charge in [0.15, 0.2) is 0 Å². The minimum Gasteiger partial charge on any atom is -0.319 e. The quantitative estimate of drug-likeness (QED) is 0.808. The molecule has 0 bridgehead atoms. The molecule has 127 valence electrons. The summed E-state index contributed by atoms with van der Waals surface area (Å²) >= 11 is 0. The third-order valence-electron chi connectivity index (χ3n) is 3.85. The lowest BCUT2D eigenvalue weighted by Crippen LogP contribution is -2.18. The van der Waals surface area contributed by atoms with Crippen molar-refractivity contribution in [2.24, 2.45) is 0 Å². The summed E-state index contributed by atoms with van der Waals surface area (Å²) in [6, 6.07) is 0. The van der Waals surface area contributed by atoms with Gasteiger partial charge in [-0.3, -0.25) is 0 Å². The molecule has 0 unspecified atom stereocenters. The first-order valence-corrected chi connectivity index (χ1v) is 8.95. The fourth-order valence-corrected chi connectivity index (χ4v) is 2.44. The van der Waals surface area contributed by atoms with Crippen LogP contribution in [-0.2, 0) is 0 Å². The number of nitrogens with zero attached hydrogens (tertiary/aromatic N) is 1. The number of hydrogen-bond donors (Lipinski definition) is 1. The summed E-state index contributed by atoms with van der Waals surface area (Å²) in [6.45, 7) is 9.84. The molecule has 22 heavy (non-hydrogen) atoms. The molecule has 1 N–H and O–H groups in total. The van der Waals surface area contributed by atoms with Crippen LogP contribution >= 0.6 is 0 Å². The second kappa shape index (κ2) is 15.1. The van der Waals surface area contributed by atoms with Gasteiger partial charge in [0.25, 0.3) is 0 Å². The smallest absolute Gasteiger partial charge is 0.00535 e. The number of allylic oxidation sites excluding steroid dienone is 5. The summed E-state index contributed by atoms with van der Waals surface area (Å²) in [7, 11) is 4.20. The van der Waals surface area contributed by atoms with Crippen LogP contribution in [0.5, 0.6) is 0 Å². The van der Waals surface area contributed by atoms with E-state index in [1.54, 1.807) is 0 Å². The fraction of sp³-hybridized carbons (Fsp3) is 0.650. The van der Waals surface area contributed by atoms with Gasteiger partial charge in [-0.1, -0.05) is 51.0 Å². The monoisotopic (exact) mass is 305 g/mol. The molecular weight excluding hydrogens is 268 g/mol. The Labute approximate surface area is 139 Å². The predicted octanol–water partition coefficient (Wildman–Crippen LogP) is 4.76. The number of rotatable bonds is 3. The van der Waals surface area contributed by atoms with Crippen LogP contribution in [0.15, 0.2) is 35.5 Å². The van der Waals surface area contributed by atoms with Crippen LogP contribution in [0.25, 0.3) is 0 Å². The van der Waals surface area contributed by atoms with Crippen molar-refractivity contribution in [1.29, 1.82) is 0 Å². The van der Waals surface area contributed by atoms with Crippen LogP contribution in [0.2, 0.25) is 0 Å². The zero-order valence-electron chi connectivity index (χ0n) is 15.5. The Bertz CT molecular complexity index is 332. The van der Waals surface area contributed by atoms with Gasteiger partial charge in [-0.25, -0.2) is 0 Å². The maximum absolute atomic E-state index is 3.15. The molecule has 0 saturated carbocycles. The Morgan fingerprint density at radius 3 is 2.23 bits per heavy atom. The fourth-order valence-electron chi connectivity index (χ4n) is 2.44. The molecule has 2 aliphatic rings. The lowest BCUT2D eigenvalue weighted by molar-refractivity contribution is 0.349. The molecule has 1 aliphatic carbocycles.